The Hall–Kier alpha value is -1.61. The maximum Gasteiger partial charge on any atom is 0.119 e. The zero-order chi connectivity index (χ0) is 9.97. The zero-order valence-corrected chi connectivity index (χ0v) is 8.03. The van der Waals surface area contributed by atoms with Crippen molar-refractivity contribution in [3.8, 4) is 5.75 Å². The summed E-state index contributed by atoms with van der Waals surface area (Å²) in [4.78, 5) is 4.22. The number of hydrogen-bond donors (Lipinski definition) is 1. The average Bonchev–Trinajstić information content (AvgIpc) is 2.27. The minimum atomic E-state index is 0.465. The Morgan fingerprint density at radius 3 is 2.86 bits per heavy atom. The number of rotatable bonds is 2. The molecule has 0 aliphatic rings. The fourth-order valence-corrected chi connectivity index (χ4v) is 1.40. The molecule has 0 spiro atoms. The van der Waals surface area contributed by atoms with Gasteiger partial charge in [-0.3, -0.25) is 4.98 Å². The third-order valence-electron chi connectivity index (χ3n) is 2.19. The first-order chi connectivity index (χ1) is 6.83. The summed E-state index contributed by atoms with van der Waals surface area (Å²) in [5, 5.41) is 2.21. The van der Waals surface area contributed by atoms with Crippen LogP contribution in [-0.4, -0.2) is 12.1 Å². The van der Waals surface area contributed by atoms with Gasteiger partial charge < -0.3 is 10.5 Å². The molecule has 2 N–H and O–H groups in total. The van der Waals surface area contributed by atoms with E-state index in [1.165, 1.54) is 0 Å². The minimum absolute atomic E-state index is 0.465. The topological polar surface area (TPSA) is 48.1 Å². The minimum Gasteiger partial charge on any atom is -0.497 e. The van der Waals surface area contributed by atoms with Crippen LogP contribution < -0.4 is 10.5 Å². The van der Waals surface area contributed by atoms with Gasteiger partial charge in [-0.25, -0.2) is 0 Å². The lowest BCUT2D eigenvalue weighted by Gasteiger charge is -2.03. The first-order valence-corrected chi connectivity index (χ1v) is 4.46. The highest BCUT2D eigenvalue weighted by Gasteiger charge is 1.98. The smallest absolute Gasteiger partial charge is 0.119 e. The molecule has 14 heavy (non-hydrogen) atoms. The monoisotopic (exact) mass is 188 g/mol. The summed E-state index contributed by atoms with van der Waals surface area (Å²) in [5.41, 5.74) is 6.41. The molecule has 3 nitrogen and oxygen atoms in total. The van der Waals surface area contributed by atoms with Gasteiger partial charge >= 0.3 is 0 Å². The second-order valence-corrected chi connectivity index (χ2v) is 3.09. The number of fused-ring (bicyclic) bond motifs is 1. The van der Waals surface area contributed by atoms with E-state index < -0.39 is 0 Å². The van der Waals surface area contributed by atoms with E-state index in [1.807, 2.05) is 30.5 Å². The summed E-state index contributed by atoms with van der Waals surface area (Å²) in [6.45, 7) is 0.465. The predicted octanol–water partition coefficient (Wildman–Crippen LogP) is 1.70. The van der Waals surface area contributed by atoms with Crippen molar-refractivity contribution in [3.05, 3.63) is 36.2 Å². The molecular formula is C11H12N2O. The van der Waals surface area contributed by atoms with E-state index in [4.69, 9.17) is 10.5 Å². The normalized spacial score (nSPS) is 10.4. The quantitative estimate of drug-likeness (QED) is 0.780. The molecule has 0 saturated carbocycles. The van der Waals surface area contributed by atoms with E-state index in [0.29, 0.717) is 6.54 Å². The lowest BCUT2D eigenvalue weighted by atomic mass is 10.1. The number of ether oxygens (including phenoxy) is 1. The highest BCUT2D eigenvalue weighted by molar-refractivity contribution is 5.83. The van der Waals surface area contributed by atoms with Crippen LogP contribution in [0.5, 0.6) is 5.75 Å². The number of hydrogen-bond acceptors (Lipinski definition) is 3. The van der Waals surface area contributed by atoms with Crippen molar-refractivity contribution in [3.63, 3.8) is 0 Å². The summed E-state index contributed by atoms with van der Waals surface area (Å²) in [6.07, 6.45) is 1.83. The molecule has 0 unspecified atom stereocenters. The van der Waals surface area contributed by atoms with Gasteiger partial charge in [-0.1, -0.05) is 0 Å². The number of pyridine rings is 1. The molecule has 0 atom stereocenters. The van der Waals surface area contributed by atoms with Crippen molar-refractivity contribution < 1.29 is 4.74 Å². The molecule has 1 heterocycles. The van der Waals surface area contributed by atoms with Crippen molar-refractivity contribution in [2.75, 3.05) is 7.11 Å². The van der Waals surface area contributed by atoms with E-state index in [2.05, 4.69) is 4.98 Å². The van der Waals surface area contributed by atoms with Gasteiger partial charge in [0, 0.05) is 18.1 Å². The average molecular weight is 188 g/mol. The maximum absolute atomic E-state index is 5.52. The molecule has 0 radical (unpaired) electrons. The Bertz CT molecular complexity index is 415. The fourth-order valence-electron chi connectivity index (χ4n) is 1.40. The van der Waals surface area contributed by atoms with Crippen molar-refractivity contribution >= 4 is 10.8 Å². The lowest BCUT2D eigenvalue weighted by Crippen LogP contribution is -1.98. The molecule has 1 aromatic carbocycles. The van der Waals surface area contributed by atoms with E-state index in [9.17, 15) is 0 Å². The van der Waals surface area contributed by atoms with Crippen LogP contribution in [0.1, 0.15) is 5.69 Å². The Kier molecular flexibility index (Phi) is 2.33. The van der Waals surface area contributed by atoms with Crippen molar-refractivity contribution in [1.82, 2.24) is 4.98 Å². The standard InChI is InChI=1S/C11H12N2O/c1-14-11-3-2-8-7-13-10(6-12)4-9(8)5-11/h2-5,7H,6,12H2,1H3. The summed E-state index contributed by atoms with van der Waals surface area (Å²) < 4.78 is 5.14. The van der Waals surface area contributed by atoms with E-state index in [-0.39, 0.29) is 0 Å². The van der Waals surface area contributed by atoms with Gasteiger partial charge in [0.1, 0.15) is 5.75 Å². The van der Waals surface area contributed by atoms with Crippen molar-refractivity contribution in [1.29, 1.82) is 0 Å². The number of benzene rings is 1. The molecule has 2 aromatic rings. The summed E-state index contributed by atoms with van der Waals surface area (Å²) in [6, 6.07) is 7.88. The summed E-state index contributed by atoms with van der Waals surface area (Å²) in [7, 11) is 1.66. The van der Waals surface area contributed by atoms with Crippen LogP contribution in [0.15, 0.2) is 30.5 Å². The second-order valence-electron chi connectivity index (χ2n) is 3.09. The molecule has 0 bridgehead atoms. The van der Waals surface area contributed by atoms with Gasteiger partial charge in [0.25, 0.3) is 0 Å². The maximum atomic E-state index is 5.52. The van der Waals surface area contributed by atoms with Gasteiger partial charge in [-0.2, -0.15) is 0 Å². The van der Waals surface area contributed by atoms with Crippen LogP contribution in [0.4, 0.5) is 0 Å². The second kappa shape index (κ2) is 3.64. The third-order valence-corrected chi connectivity index (χ3v) is 2.19. The van der Waals surface area contributed by atoms with E-state index in [0.717, 1.165) is 22.2 Å². The number of nitrogens with zero attached hydrogens (tertiary/aromatic N) is 1. The lowest BCUT2D eigenvalue weighted by molar-refractivity contribution is 0.415. The molecule has 0 aliphatic heterocycles. The molecule has 0 saturated heterocycles. The van der Waals surface area contributed by atoms with E-state index >= 15 is 0 Å². The van der Waals surface area contributed by atoms with Crippen molar-refractivity contribution in [2.24, 2.45) is 5.73 Å². The van der Waals surface area contributed by atoms with Gasteiger partial charge in [0.15, 0.2) is 0 Å². The first kappa shape index (κ1) is 8.97. The molecule has 0 fully saturated rings. The largest absolute Gasteiger partial charge is 0.497 e. The highest BCUT2D eigenvalue weighted by Crippen LogP contribution is 2.20. The van der Waals surface area contributed by atoms with Crippen LogP contribution in [-0.2, 0) is 6.54 Å². The van der Waals surface area contributed by atoms with Gasteiger partial charge in [-0.05, 0) is 29.7 Å². The van der Waals surface area contributed by atoms with Crippen LogP contribution >= 0.6 is 0 Å². The fraction of sp³-hybridized carbons (Fsp3) is 0.182. The molecule has 0 aliphatic carbocycles. The SMILES string of the molecule is COc1ccc2cnc(CN)cc2c1. The Morgan fingerprint density at radius 2 is 2.14 bits per heavy atom. The molecule has 3 heteroatoms. The van der Waals surface area contributed by atoms with Crippen LogP contribution in [0.25, 0.3) is 10.8 Å². The Balaban J connectivity index is 2.60. The highest BCUT2D eigenvalue weighted by atomic mass is 16.5. The van der Waals surface area contributed by atoms with Gasteiger partial charge in [0.05, 0.1) is 12.8 Å². The van der Waals surface area contributed by atoms with Crippen molar-refractivity contribution in [2.45, 2.75) is 6.54 Å². The van der Waals surface area contributed by atoms with Crippen LogP contribution in [0.2, 0.25) is 0 Å². The molecule has 72 valence electrons. The molecule has 1 aromatic heterocycles. The molecule has 0 amide bonds. The summed E-state index contributed by atoms with van der Waals surface area (Å²) in [5.74, 6) is 0.853. The van der Waals surface area contributed by atoms with E-state index in [1.54, 1.807) is 7.11 Å². The molecular weight excluding hydrogens is 176 g/mol. The third kappa shape index (κ3) is 1.54. The number of aromatic nitrogens is 1. The Labute approximate surface area is 82.5 Å². The Morgan fingerprint density at radius 1 is 1.29 bits per heavy atom. The molecule has 2 rings (SSSR count). The van der Waals surface area contributed by atoms with Gasteiger partial charge in [-0.15, -0.1) is 0 Å². The van der Waals surface area contributed by atoms with Crippen LogP contribution in [0.3, 0.4) is 0 Å². The first-order valence-electron chi connectivity index (χ1n) is 4.46. The van der Waals surface area contributed by atoms with Gasteiger partial charge in [0.2, 0.25) is 0 Å². The zero-order valence-electron chi connectivity index (χ0n) is 8.03. The predicted molar refractivity (Wildman–Crippen MR) is 56.2 cm³/mol. The van der Waals surface area contributed by atoms with Crippen LogP contribution in [0, 0.1) is 0 Å². The summed E-state index contributed by atoms with van der Waals surface area (Å²) >= 11 is 0. The number of nitrogens with two attached hydrogens (primary N) is 1. The number of methoxy groups -OCH3 is 1.